The third kappa shape index (κ3) is 6.59. The second-order valence-corrected chi connectivity index (χ2v) is 9.79. The Morgan fingerprint density at radius 3 is 2.54 bits per heavy atom. The highest BCUT2D eigenvalue weighted by atomic mass is 32.2. The Labute approximate surface area is 147 Å². The number of hydrogen-bond donors (Lipinski definition) is 2. The molecule has 2 N–H and O–H groups in total. The Hall–Kier alpha value is -0.820. The SMILES string of the molecule is CCNC(=NCCCN1CC(C)CC(C)C1)NC1CCS(=O)(=O)C1. The molecule has 0 aromatic heterocycles. The highest BCUT2D eigenvalue weighted by molar-refractivity contribution is 7.91. The number of rotatable bonds is 6. The van der Waals surface area contributed by atoms with Gasteiger partial charge in [-0.2, -0.15) is 0 Å². The molecule has 2 aliphatic rings. The minimum atomic E-state index is -2.86. The molecule has 3 atom stereocenters. The van der Waals surface area contributed by atoms with E-state index in [1.807, 2.05) is 6.92 Å². The van der Waals surface area contributed by atoms with E-state index in [-0.39, 0.29) is 17.5 Å². The number of aliphatic imine (C=N–C) groups is 1. The minimum absolute atomic E-state index is 0.00315. The maximum atomic E-state index is 11.6. The van der Waals surface area contributed by atoms with Gasteiger partial charge in [0.1, 0.15) is 0 Å². The molecule has 0 amide bonds. The quantitative estimate of drug-likeness (QED) is 0.422. The summed E-state index contributed by atoms with van der Waals surface area (Å²) in [7, 11) is -2.86. The van der Waals surface area contributed by atoms with E-state index in [1.165, 1.54) is 19.5 Å². The molecule has 0 aliphatic carbocycles. The fourth-order valence-corrected chi connectivity index (χ4v) is 5.56. The van der Waals surface area contributed by atoms with Crippen molar-refractivity contribution in [1.82, 2.24) is 15.5 Å². The van der Waals surface area contributed by atoms with Gasteiger partial charge in [-0.1, -0.05) is 13.8 Å². The first-order valence-electron chi connectivity index (χ1n) is 9.35. The zero-order valence-electron chi connectivity index (χ0n) is 15.4. The van der Waals surface area contributed by atoms with Crippen LogP contribution >= 0.6 is 0 Å². The molecule has 7 heteroatoms. The Morgan fingerprint density at radius 2 is 1.96 bits per heavy atom. The number of guanidine groups is 1. The molecular formula is C17H34N4O2S. The molecule has 2 heterocycles. The van der Waals surface area contributed by atoms with Crippen LogP contribution in [-0.4, -0.2) is 69.5 Å². The van der Waals surface area contributed by atoms with Crippen LogP contribution in [0.15, 0.2) is 4.99 Å². The molecule has 0 aromatic rings. The standard InChI is InChI=1S/C17H34N4O2S/c1-4-18-17(20-16-6-9-24(22,23)13-16)19-7-5-8-21-11-14(2)10-15(3)12-21/h14-16H,4-13H2,1-3H3,(H2,18,19,20). The molecule has 2 fully saturated rings. The summed E-state index contributed by atoms with van der Waals surface area (Å²) in [4.78, 5) is 7.17. The molecule has 2 aliphatic heterocycles. The van der Waals surface area contributed by atoms with Crippen LogP contribution in [0.3, 0.4) is 0 Å². The van der Waals surface area contributed by atoms with Crippen LogP contribution in [0.1, 0.15) is 40.0 Å². The average Bonchev–Trinajstić information content (AvgIpc) is 2.81. The molecular weight excluding hydrogens is 324 g/mol. The van der Waals surface area contributed by atoms with E-state index in [0.717, 1.165) is 43.9 Å². The summed E-state index contributed by atoms with van der Waals surface area (Å²) in [5.74, 6) is 2.84. The van der Waals surface area contributed by atoms with E-state index >= 15 is 0 Å². The van der Waals surface area contributed by atoms with Gasteiger partial charge < -0.3 is 15.5 Å². The first kappa shape index (κ1) is 19.5. The Morgan fingerprint density at radius 1 is 1.25 bits per heavy atom. The lowest BCUT2D eigenvalue weighted by atomic mass is 9.92. The van der Waals surface area contributed by atoms with Crippen LogP contribution < -0.4 is 10.6 Å². The van der Waals surface area contributed by atoms with Crippen LogP contribution in [0.2, 0.25) is 0 Å². The molecule has 2 saturated heterocycles. The number of sulfone groups is 1. The lowest BCUT2D eigenvalue weighted by molar-refractivity contribution is 0.140. The zero-order chi connectivity index (χ0) is 17.6. The van der Waals surface area contributed by atoms with Gasteiger partial charge in [0, 0.05) is 32.2 Å². The van der Waals surface area contributed by atoms with E-state index in [2.05, 4.69) is 34.4 Å². The number of hydrogen-bond acceptors (Lipinski definition) is 4. The molecule has 0 spiro atoms. The van der Waals surface area contributed by atoms with Crippen LogP contribution in [0.5, 0.6) is 0 Å². The highest BCUT2D eigenvalue weighted by Gasteiger charge is 2.28. The van der Waals surface area contributed by atoms with E-state index in [1.54, 1.807) is 0 Å². The third-order valence-corrected chi connectivity index (χ3v) is 6.53. The molecule has 24 heavy (non-hydrogen) atoms. The Balaban J connectivity index is 1.74. The smallest absolute Gasteiger partial charge is 0.191 e. The summed E-state index contributed by atoms with van der Waals surface area (Å²) >= 11 is 0. The fourth-order valence-electron chi connectivity index (χ4n) is 3.88. The molecule has 0 bridgehead atoms. The predicted octanol–water partition coefficient (Wildman–Crippen LogP) is 1.10. The molecule has 0 saturated carbocycles. The van der Waals surface area contributed by atoms with Gasteiger partial charge in [-0.05, 0) is 44.6 Å². The van der Waals surface area contributed by atoms with Gasteiger partial charge in [0.15, 0.2) is 15.8 Å². The van der Waals surface area contributed by atoms with Crippen molar-refractivity contribution in [3.05, 3.63) is 0 Å². The van der Waals surface area contributed by atoms with E-state index in [4.69, 9.17) is 0 Å². The van der Waals surface area contributed by atoms with Gasteiger partial charge in [-0.3, -0.25) is 4.99 Å². The van der Waals surface area contributed by atoms with Gasteiger partial charge in [0.05, 0.1) is 11.5 Å². The lowest BCUT2D eigenvalue weighted by Crippen LogP contribution is -2.44. The van der Waals surface area contributed by atoms with Crippen molar-refractivity contribution in [2.75, 3.05) is 44.2 Å². The number of likely N-dealkylation sites (tertiary alicyclic amines) is 1. The first-order valence-corrected chi connectivity index (χ1v) is 11.2. The summed E-state index contributed by atoms with van der Waals surface area (Å²) in [5.41, 5.74) is 0. The van der Waals surface area contributed by atoms with Crippen molar-refractivity contribution in [3.8, 4) is 0 Å². The minimum Gasteiger partial charge on any atom is -0.357 e. The second-order valence-electron chi connectivity index (χ2n) is 7.56. The maximum absolute atomic E-state index is 11.6. The van der Waals surface area contributed by atoms with E-state index in [9.17, 15) is 8.42 Å². The molecule has 0 radical (unpaired) electrons. The topological polar surface area (TPSA) is 73.8 Å². The summed E-state index contributed by atoms with van der Waals surface area (Å²) in [5, 5.41) is 6.49. The first-order chi connectivity index (χ1) is 11.4. The summed E-state index contributed by atoms with van der Waals surface area (Å²) < 4.78 is 23.1. The van der Waals surface area contributed by atoms with Crippen LogP contribution in [0, 0.1) is 11.8 Å². The fraction of sp³-hybridized carbons (Fsp3) is 0.941. The van der Waals surface area contributed by atoms with Gasteiger partial charge in [-0.15, -0.1) is 0 Å². The van der Waals surface area contributed by atoms with E-state index in [0.29, 0.717) is 6.42 Å². The summed E-state index contributed by atoms with van der Waals surface area (Å²) in [6, 6.07) is -0.00315. The average molecular weight is 359 g/mol. The van der Waals surface area contributed by atoms with Crippen LogP contribution in [0.25, 0.3) is 0 Å². The summed E-state index contributed by atoms with van der Waals surface area (Å²) in [6.45, 7) is 11.8. The molecule has 0 aromatic carbocycles. The predicted molar refractivity (Wildman–Crippen MR) is 100 cm³/mol. The molecule has 3 unspecified atom stereocenters. The Bertz CT molecular complexity index is 511. The van der Waals surface area contributed by atoms with E-state index < -0.39 is 9.84 Å². The van der Waals surface area contributed by atoms with Gasteiger partial charge in [0.25, 0.3) is 0 Å². The summed E-state index contributed by atoms with van der Waals surface area (Å²) in [6.07, 6.45) is 3.06. The number of nitrogens with zero attached hydrogens (tertiary/aromatic N) is 2. The van der Waals surface area contributed by atoms with Crippen LogP contribution in [0.4, 0.5) is 0 Å². The van der Waals surface area contributed by atoms with Crippen molar-refractivity contribution in [2.24, 2.45) is 16.8 Å². The largest absolute Gasteiger partial charge is 0.357 e. The van der Waals surface area contributed by atoms with Crippen molar-refractivity contribution in [2.45, 2.75) is 46.1 Å². The number of nitrogens with one attached hydrogen (secondary N) is 2. The van der Waals surface area contributed by atoms with Gasteiger partial charge in [-0.25, -0.2) is 8.42 Å². The van der Waals surface area contributed by atoms with Crippen LogP contribution in [-0.2, 0) is 9.84 Å². The van der Waals surface area contributed by atoms with Crippen molar-refractivity contribution >= 4 is 15.8 Å². The molecule has 2 rings (SSSR count). The zero-order valence-corrected chi connectivity index (χ0v) is 16.2. The monoisotopic (exact) mass is 358 g/mol. The molecule has 140 valence electrons. The maximum Gasteiger partial charge on any atom is 0.191 e. The second kappa shape index (κ2) is 9.04. The van der Waals surface area contributed by atoms with Gasteiger partial charge in [0.2, 0.25) is 0 Å². The van der Waals surface area contributed by atoms with Crippen molar-refractivity contribution in [3.63, 3.8) is 0 Å². The Kier molecular flexibility index (Phi) is 7.34. The van der Waals surface area contributed by atoms with Crippen molar-refractivity contribution in [1.29, 1.82) is 0 Å². The van der Waals surface area contributed by atoms with Gasteiger partial charge >= 0.3 is 0 Å². The molecule has 6 nitrogen and oxygen atoms in total. The third-order valence-electron chi connectivity index (χ3n) is 4.76. The highest BCUT2D eigenvalue weighted by Crippen LogP contribution is 2.20. The normalized spacial score (nSPS) is 31.1. The lowest BCUT2D eigenvalue weighted by Gasteiger charge is -2.34. The number of piperidine rings is 1. The van der Waals surface area contributed by atoms with Crippen molar-refractivity contribution < 1.29 is 8.42 Å².